The Hall–Kier alpha value is -1.39. The van der Waals surface area contributed by atoms with Crippen LogP contribution >= 0.6 is 0 Å². The standard InChI is InChI=1S/C10H16N4O/c1-8(2)5-10(15)13-6-9(7-13)14-4-3-11-12-14/h3-4,8-9H,5-7H2,1-2H3. The Morgan fingerprint density at radius 1 is 1.53 bits per heavy atom. The van der Waals surface area contributed by atoms with E-state index in [1.165, 1.54) is 0 Å². The van der Waals surface area contributed by atoms with Crippen LogP contribution in [0.1, 0.15) is 26.3 Å². The van der Waals surface area contributed by atoms with E-state index in [0.717, 1.165) is 13.1 Å². The SMILES string of the molecule is CC(C)CC(=O)N1CC(n2ccnn2)C1. The van der Waals surface area contributed by atoms with Crippen molar-refractivity contribution in [3.8, 4) is 0 Å². The van der Waals surface area contributed by atoms with Gasteiger partial charge in [0.2, 0.25) is 5.91 Å². The van der Waals surface area contributed by atoms with Gasteiger partial charge in [0.15, 0.2) is 0 Å². The van der Waals surface area contributed by atoms with Gasteiger partial charge in [0, 0.05) is 25.7 Å². The maximum absolute atomic E-state index is 11.6. The Bertz CT molecular complexity index is 327. The van der Waals surface area contributed by atoms with Gasteiger partial charge in [-0.25, -0.2) is 4.68 Å². The zero-order valence-corrected chi connectivity index (χ0v) is 9.13. The second-order valence-electron chi connectivity index (χ2n) is 4.43. The smallest absolute Gasteiger partial charge is 0.222 e. The van der Waals surface area contributed by atoms with Crippen LogP contribution in [-0.4, -0.2) is 38.9 Å². The van der Waals surface area contributed by atoms with Gasteiger partial charge in [-0.1, -0.05) is 19.1 Å². The summed E-state index contributed by atoms with van der Waals surface area (Å²) in [5.41, 5.74) is 0. The molecule has 1 aliphatic rings. The highest BCUT2D eigenvalue weighted by molar-refractivity contribution is 5.77. The molecule has 0 aromatic carbocycles. The van der Waals surface area contributed by atoms with Crippen LogP contribution < -0.4 is 0 Å². The van der Waals surface area contributed by atoms with Crippen LogP contribution in [0.15, 0.2) is 12.4 Å². The topological polar surface area (TPSA) is 51.0 Å². The third-order valence-corrected chi connectivity index (χ3v) is 2.61. The quantitative estimate of drug-likeness (QED) is 0.735. The fraction of sp³-hybridized carbons (Fsp3) is 0.700. The minimum absolute atomic E-state index is 0.251. The number of rotatable bonds is 3. The molecule has 0 atom stereocenters. The molecule has 1 aromatic heterocycles. The van der Waals surface area contributed by atoms with Gasteiger partial charge in [0.05, 0.1) is 12.2 Å². The van der Waals surface area contributed by atoms with Crippen LogP contribution in [-0.2, 0) is 4.79 Å². The van der Waals surface area contributed by atoms with Gasteiger partial charge in [-0.3, -0.25) is 4.79 Å². The molecule has 0 spiro atoms. The molecule has 1 saturated heterocycles. The molecule has 0 N–H and O–H groups in total. The molecule has 82 valence electrons. The summed E-state index contributed by atoms with van der Waals surface area (Å²) in [6.07, 6.45) is 4.15. The molecule has 1 fully saturated rings. The van der Waals surface area contributed by atoms with E-state index in [2.05, 4.69) is 24.2 Å². The zero-order chi connectivity index (χ0) is 10.8. The minimum atomic E-state index is 0.251. The Kier molecular flexibility index (Phi) is 2.70. The number of carbonyl (C=O) groups is 1. The van der Waals surface area contributed by atoms with Gasteiger partial charge in [-0.15, -0.1) is 5.10 Å². The Morgan fingerprint density at radius 3 is 2.80 bits per heavy atom. The van der Waals surface area contributed by atoms with E-state index >= 15 is 0 Å². The van der Waals surface area contributed by atoms with Crippen LogP contribution in [0, 0.1) is 5.92 Å². The van der Waals surface area contributed by atoms with Crippen molar-refractivity contribution in [2.75, 3.05) is 13.1 Å². The molecule has 5 nitrogen and oxygen atoms in total. The summed E-state index contributed by atoms with van der Waals surface area (Å²) in [4.78, 5) is 13.5. The lowest BCUT2D eigenvalue weighted by molar-refractivity contribution is -0.138. The van der Waals surface area contributed by atoms with Crippen molar-refractivity contribution in [3.63, 3.8) is 0 Å². The third-order valence-electron chi connectivity index (χ3n) is 2.61. The van der Waals surface area contributed by atoms with Crippen LogP contribution in [0.5, 0.6) is 0 Å². The number of amides is 1. The van der Waals surface area contributed by atoms with Crippen molar-refractivity contribution in [3.05, 3.63) is 12.4 Å². The van der Waals surface area contributed by atoms with E-state index in [0.29, 0.717) is 18.4 Å². The van der Waals surface area contributed by atoms with Crippen molar-refractivity contribution in [1.82, 2.24) is 19.9 Å². The summed E-state index contributed by atoms with van der Waals surface area (Å²) in [6.45, 7) is 5.67. The highest BCUT2D eigenvalue weighted by Crippen LogP contribution is 2.21. The second-order valence-corrected chi connectivity index (χ2v) is 4.43. The highest BCUT2D eigenvalue weighted by atomic mass is 16.2. The molecule has 2 heterocycles. The first kappa shape index (κ1) is 10.1. The average Bonchev–Trinajstić information content (AvgIpc) is 2.52. The number of nitrogens with zero attached hydrogens (tertiary/aromatic N) is 4. The fourth-order valence-corrected chi connectivity index (χ4v) is 1.72. The molecule has 0 bridgehead atoms. The lowest BCUT2D eigenvalue weighted by Gasteiger charge is -2.39. The predicted molar refractivity (Wildman–Crippen MR) is 55.1 cm³/mol. The monoisotopic (exact) mass is 208 g/mol. The molecule has 0 unspecified atom stereocenters. The molecule has 2 rings (SSSR count). The third kappa shape index (κ3) is 2.16. The van der Waals surface area contributed by atoms with E-state index in [1.807, 2.05) is 15.8 Å². The van der Waals surface area contributed by atoms with Crippen molar-refractivity contribution < 1.29 is 4.79 Å². The lowest BCUT2D eigenvalue weighted by atomic mass is 10.1. The van der Waals surface area contributed by atoms with Crippen LogP contribution in [0.25, 0.3) is 0 Å². The Labute approximate surface area is 89.1 Å². The molecule has 1 aliphatic heterocycles. The minimum Gasteiger partial charge on any atom is -0.338 e. The molecule has 1 aromatic rings. The van der Waals surface area contributed by atoms with Crippen molar-refractivity contribution >= 4 is 5.91 Å². The Balaban J connectivity index is 1.81. The summed E-state index contributed by atoms with van der Waals surface area (Å²) in [5, 5.41) is 7.67. The van der Waals surface area contributed by atoms with Gasteiger partial charge < -0.3 is 4.90 Å². The molecule has 0 radical (unpaired) electrons. The zero-order valence-electron chi connectivity index (χ0n) is 9.13. The molecule has 1 amide bonds. The first-order chi connectivity index (χ1) is 7.16. The number of likely N-dealkylation sites (tertiary alicyclic amines) is 1. The molecule has 0 saturated carbocycles. The molecule has 5 heteroatoms. The molecule has 15 heavy (non-hydrogen) atoms. The highest BCUT2D eigenvalue weighted by Gasteiger charge is 2.32. The number of carbonyl (C=O) groups excluding carboxylic acids is 1. The normalized spacial score (nSPS) is 16.9. The average molecular weight is 208 g/mol. The number of hydrogen-bond acceptors (Lipinski definition) is 3. The van der Waals surface area contributed by atoms with Crippen LogP contribution in [0.4, 0.5) is 0 Å². The molecular weight excluding hydrogens is 192 g/mol. The second kappa shape index (κ2) is 4.00. The molecule has 0 aliphatic carbocycles. The summed E-state index contributed by atoms with van der Waals surface area (Å²) in [6, 6.07) is 0.323. The van der Waals surface area contributed by atoms with Crippen molar-refractivity contribution in [2.45, 2.75) is 26.3 Å². The largest absolute Gasteiger partial charge is 0.338 e. The fourth-order valence-electron chi connectivity index (χ4n) is 1.72. The van der Waals surface area contributed by atoms with E-state index in [9.17, 15) is 4.79 Å². The van der Waals surface area contributed by atoms with Gasteiger partial charge in [0.1, 0.15) is 0 Å². The lowest BCUT2D eigenvalue weighted by Crippen LogP contribution is -2.51. The number of aromatic nitrogens is 3. The van der Waals surface area contributed by atoms with Crippen molar-refractivity contribution in [1.29, 1.82) is 0 Å². The summed E-state index contributed by atoms with van der Waals surface area (Å²) >= 11 is 0. The summed E-state index contributed by atoms with van der Waals surface area (Å²) in [7, 11) is 0. The van der Waals surface area contributed by atoms with Crippen LogP contribution in [0.3, 0.4) is 0 Å². The van der Waals surface area contributed by atoms with Gasteiger partial charge in [0.25, 0.3) is 0 Å². The van der Waals surface area contributed by atoms with Crippen LogP contribution in [0.2, 0.25) is 0 Å². The molecular formula is C10H16N4O. The summed E-state index contributed by atoms with van der Waals surface area (Å²) in [5.74, 6) is 0.685. The number of hydrogen-bond donors (Lipinski definition) is 0. The first-order valence-corrected chi connectivity index (χ1v) is 5.30. The van der Waals surface area contributed by atoms with Crippen molar-refractivity contribution in [2.24, 2.45) is 5.92 Å². The van der Waals surface area contributed by atoms with E-state index in [-0.39, 0.29) is 5.91 Å². The van der Waals surface area contributed by atoms with E-state index in [1.54, 1.807) is 6.20 Å². The predicted octanol–water partition coefficient (Wildman–Crippen LogP) is 0.708. The van der Waals surface area contributed by atoms with E-state index < -0.39 is 0 Å². The van der Waals surface area contributed by atoms with Gasteiger partial charge in [-0.2, -0.15) is 0 Å². The summed E-state index contributed by atoms with van der Waals surface area (Å²) < 4.78 is 1.82. The maximum Gasteiger partial charge on any atom is 0.222 e. The van der Waals surface area contributed by atoms with Gasteiger partial charge >= 0.3 is 0 Å². The van der Waals surface area contributed by atoms with E-state index in [4.69, 9.17) is 0 Å². The maximum atomic E-state index is 11.6. The van der Waals surface area contributed by atoms with Gasteiger partial charge in [-0.05, 0) is 5.92 Å². The first-order valence-electron chi connectivity index (χ1n) is 5.30. The Morgan fingerprint density at radius 2 is 2.27 bits per heavy atom.